The van der Waals surface area contributed by atoms with Gasteiger partial charge in [0.25, 0.3) is 0 Å². The van der Waals surface area contributed by atoms with Gasteiger partial charge in [-0.15, -0.1) is 0 Å². The van der Waals surface area contributed by atoms with Gasteiger partial charge >= 0.3 is 12.0 Å². The van der Waals surface area contributed by atoms with Gasteiger partial charge in [0.15, 0.2) is 6.61 Å². The molecule has 0 radical (unpaired) electrons. The average molecular weight is 308 g/mol. The van der Waals surface area contributed by atoms with Crippen molar-refractivity contribution in [2.45, 2.75) is 12.0 Å². The molecule has 2 N–H and O–H groups in total. The summed E-state index contributed by atoms with van der Waals surface area (Å²) in [6.45, 7) is -1.00. The van der Waals surface area contributed by atoms with E-state index >= 15 is 0 Å². The molecule has 0 saturated carbocycles. The van der Waals surface area contributed by atoms with Crippen molar-refractivity contribution in [2.24, 2.45) is 0 Å². The minimum atomic E-state index is -3.27. The van der Waals surface area contributed by atoms with Crippen molar-refractivity contribution in [3.63, 3.8) is 0 Å². The van der Waals surface area contributed by atoms with E-state index in [2.05, 4.69) is 20.7 Å². The van der Waals surface area contributed by atoms with E-state index in [0.29, 0.717) is 0 Å². The number of carbonyl (C=O) groups excluding carboxylic acids is 1. The summed E-state index contributed by atoms with van der Waals surface area (Å²) in [4.78, 5) is 11.0. The topological polar surface area (TPSA) is 58.6 Å². The van der Waals surface area contributed by atoms with E-state index < -0.39 is 24.7 Å². The van der Waals surface area contributed by atoms with Gasteiger partial charge in [-0.2, -0.15) is 0 Å². The summed E-state index contributed by atoms with van der Waals surface area (Å²) in [7, 11) is 0. The summed E-state index contributed by atoms with van der Waals surface area (Å²) < 4.78 is 31.7. The molecule has 1 heterocycles. The molecule has 1 aromatic rings. The Hall–Kier alpha value is -1.37. The maximum Gasteiger partial charge on any atom is 0.408 e. The predicted molar refractivity (Wildman–Crippen MR) is 58.0 cm³/mol. The molecule has 1 aromatic carbocycles. The third kappa shape index (κ3) is 2.19. The maximum absolute atomic E-state index is 13.6. The minimum absolute atomic E-state index is 0.0546. The standard InChI is InChI=1S/C10H8BrF2NO3/c11-6-3-1-2-5(7(6)15)8-10(12,13)4-17-9(16)14-8/h1-3,8,15H,4H2,(H,14,16)/t8-/m0/s1. The lowest BCUT2D eigenvalue weighted by molar-refractivity contribution is -0.104. The van der Waals surface area contributed by atoms with Crippen LogP contribution in [-0.4, -0.2) is 23.7 Å². The van der Waals surface area contributed by atoms with Crippen LogP contribution in [0.15, 0.2) is 22.7 Å². The molecule has 1 aliphatic heterocycles. The van der Waals surface area contributed by atoms with E-state index in [0.717, 1.165) is 0 Å². The number of nitrogens with one attached hydrogen (secondary N) is 1. The number of ether oxygens (including phenoxy) is 1. The summed E-state index contributed by atoms with van der Waals surface area (Å²) in [5.41, 5.74) is -0.0546. The summed E-state index contributed by atoms with van der Waals surface area (Å²) in [6, 6.07) is 2.74. The molecule has 1 aliphatic rings. The minimum Gasteiger partial charge on any atom is -0.506 e. The van der Waals surface area contributed by atoms with Gasteiger partial charge in [-0.3, -0.25) is 0 Å². The van der Waals surface area contributed by atoms with E-state index in [-0.39, 0.29) is 15.8 Å². The summed E-state index contributed by atoms with van der Waals surface area (Å²) in [5, 5.41) is 11.7. The lowest BCUT2D eigenvalue weighted by Gasteiger charge is -2.32. The van der Waals surface area contributed by atoms with E-state index in [1.165, 1.54) is 18.2 Å². The zero-order valence-electron chi connectivity index (χ0n) is 8.41. The number of halogens is 3. The smallest absolute Gasteiger partial charge is 0.408 e. The largest absolute Gasteiger partial charge is 0.506 e. The number of alkyl halides is 2. The van der Waals surface area contributed by atoms with Gasteiger partial charge in [-0.05, 0) is 22.0 Å². The summed E-state index contributed by atoms with van der Waals surface area (Å²) in [5.74, 6) is -3.59. The highest BCUT2D eigenvalue weighted by Crippen LogP contribution is 2.40. The number of hydrogen-bond donors (Lipinski definition) is 2. The van der Waals surface area contributed by atoms with Gasteiger partial charge in [0.2, 0.25) is 0 Å². The van der Waals surface area contributed by atoms with E-state index in [1.54, 1.807) is 0 Å². The number of benzene rings is 1. The number of phenolic OH excluding ortho intramolecular Hbond substituents is 1. The molecule has 17 heavy (non-hydrogen) atoms. The first-order chi connectivity index (χ1) is 7.92. The fourth-order valence-electron chi connectivity index (χ4n) is 1.58. The lowest BCUT2D eigenvalue weighted by atomic mass is 9.99. The van der Waals surface area contributed by atoms with Gasteiger partial charge in [-0.1, -0.05) is 12.1 Å². The van der Waals surface area contributed by atoms with Crippen molar-refractivity contribution in [3.8, 4) is 5.75 Å². The molecule has 92 valence electrons. The molecule has 7 heteroatoms. The number of alkyl carbamates (subject to hydrolysis) is 1. The van der Waals surface area contributed by atoms with E-state index in [9.17, 15) is 18.7 Å². The van der Waals surface area contributed by atoms with Crippen LogP contribution in [0, 0.1) is 0 Å². The molecule has 1 saturated heterocycles. The first-order valence-electron chi connectivity index (χ1n) is 4.70. The Bertz CT molecular complexity index is 467. The third-order valence-electron chi connectivity index (χ3n) is 2.41. The highest BCUT2D eigenvalue weighted by Gasteiger charge is 2.47. The Morgan fingerprint density at radius 3 is 2.94 bits per heavy atom. The van der Waals surface area contributed by atoms with Crippen LogP contribution >= 0.6 is 15.9 Å². The first kappa shape index (κ1) is 12.1. The Labute approximate surface area is 104 Å². The van der Waals surface area contributed by atoms with Crippen LogP contribution in [0.4, 0.5) is 13.6 Å². The molecule has 0 bridgehead atoms. The molecule has 1 fully saturated rings. The molecular weight excluding hydrogens is 300 g/mol. The van der Waals surface area contributed by atoms with Crippen molar-refractivity contribution >= 4 is 22.0 Å². The number of aromatic hydroxyl groups is 1. The zero-order valence-corrected chi connectivity index (χ0v) is 10.0. The van der Waals surface area contributed by atoms with Gasteiger partial charge in [0, 0.05) is 5.56 Å². The number of amides is 1. The van der Waals surface area contributed by atoms with E-state index in [4.69, 9.17) is 0 Å². The molecule has 0 aliphatic carbocycles. The Morgan fingerprint density at radius 2 is 2.24 bits per heavy atom. The molecule has 4 nitrogen and oxygen atoms in total. The van der Waals surface area contributed by atoms with Crippen LogP contribution in [0.25, 0.3) is 0 Å². The maximum atomic E-state index is 13.6. The van der Waals surface area contributed by atoms with Crippen LogP contribution < -0.4 is 5.32 Å². The second kappa shape index (κ2) is 4.14. The van der Waals surface area contributed by atoms with Gasteiger partial charge in [0.05, 0.1) is 4.47 Å². The number of para-hydroxylation sites is 1. The summed E-state index contributed by atoms with van der Waals surface area (Å²) >= 11 is 3.03. The fourth-order valence-corrected chi connectivity index (χ4v) is 1.96. The number of hydrogen-bond acceptors (Lipinski definition) is 3. The first-order valence-corrected chi connectivity index (χ1v) is 5.49. The third-order valence-corrected chi connectivity index (χ3v) is 3.05. The van der Waals surface area contributed by atoms with Crippen molar-refractivity contribution in [2.75, 3.05) is 6.61 Å². The van der Waals surface area contributed by atoms with Gasteiger partial charge < -0.3 is 15.2 Å². The predicted octanol–water partition coefficient (Wildman–Crippen LogP) is 2.57. The van der Waals surface area contributed by atoms with Crippen LogP contribution in [0.2, 0.25) is 0 Å². The molecular formula is C10H8BrF2NO3. The fraction of sp³-hybridized carbons (Fsp3) is 0.300. The number of cyclic esters (lactones) is 1. The second-order valence-corrected chi connectivity index (χ2v) is 4.45. The molecule has 0 aromatic heterocycles. The lowest BCUT2D eigenvalue weighted by Crippen LogP contribution is -2.49. The molecule has 1 atom stereocenters. The molecule has 0 spiro atoms. The van der Waals surface area contributed by atoms with E-state index in [1.807, 2.05) is 5.32 Å². The molecule has 0 unspecified atom stereocenters. The summed E-state index contributed by atoms with van der Waals surface area (Å²) in [6.07, 6.45) is -0.930. The average Bonchev–Trinajstić information content (AvgIpc) is 2.26. The Balaban J connectivity index is 2.43. The molecule has 2 rings (SSSR count). The Kier molecular flexibility index (Phi) is 2.94. The molecule has 1 amide bonds. The highest BCUT2D eigenvalue weighted by molar-refractivity contribution is 9.10. The highest BCUT2D eigenvalue weighted by atomic mass is 79.9. The monoisotopic (exact) mass is 307 g/mol. The SMILES string of the molecule is O=C1N[C@@H](c2cccc(Br)c2O)C(F)(F)CO1. The van der Waals surface area contributed by atoms with Crippen LogP contribution in [0.3, 0.4) is 0 Å². The number of carbonyl (C=O) groups is 1. The van der Waals surface area contributed by atoms with Gasteiger partial charge in [0.1, 0.15) is 11.8 Å². The van der Waals surface area contributed by atoms with Crippen LogP contribution in [-0.2, 0) is 4.74 Å². The van der Waals surface area contributed by atoms with Crippen molar-refractivity contribution in [1.29, 1.82) is 0 Å². The quantitative estimate of drug-likeness (QED) is 0.838. The zero-order chi connectivity index (χ0) is 12.6. The van der Waals surface area contributed by atoms with Crippen molar-refractivity contribution in [1.82, 2.24) is 5.32 Å². The van der Waals surface area contributed by atoms with Crippen LogP contribution in [0.5, 0.6) is 5.75 Å². The van der Waals surface area contributed by atoms with Gasteiger partial charge in [-0.25, -0.2) is 13.6 Å². The van der Waals surface area contributed by atoms with Crippen molar-refractivity contribution < 1.29 is 23.4 Å². The number of phenols is 1. The van der Waals surface area contributed by atoms with Crippen molar-refractivity contribution in [3.05, 3.63) is 28.2 Å². The second-order valence-electron chi connectivity index (χ2n) is 3.59. The van der Waals surface area contributed by atoms with Crippen LogP contribution in [0.1, 0.15) is 11.6 Å². The normalized spacial score (nSPS) is 22.8. The number of rotatable bonds is 1. The Morgan fingerprint density at radius 1 is 1.53 bits per heavy atom.